The van der Waals surface area contributed by atoms with Gasteiger partial charge in [0, 0.05) is 0 Å². The monoisotopic (exact) mass is 614 g/mol. The molecule has 0 N–H and O–H groups in total. The molecule has 0 fully saturated rings. The lowest BCUT2D eigenvalue weighted by Gasteiger charge is -2.26. The van der Waals surface area contributed by atoms with Gasteiger partial charge in [-0.1, -0.05) is 117 Å². The van der Waals surface area contributed by atoms with Crippen LogP contribution in [0.5, 0.6) is 0 Å². The van der Waals surface area contributed by atoms with Crippen molar-refractivity contribution in [3.63, 3.8) is 0 Å². The van der Waals surface area contributed by atoms with E-state index in [1.165, 1.54) is 116 Å². The number of phosphoric acid groups is 1. The van der Waals surface area contributed by atoms with E-state index < -0.39 is 7.82 Å². The maximum Gasteiger partial charge on any atom is 0.478 e. The van der Waals surface area contributed by atoms with Crippen molar-refractivity contribution >= 4 is 43.1 Å². The number of phosphoric ester groups is 1. The zero-order chi connectivity index (χ0) is 28.3. The second-order valence-corrected chi connectivity index (χ2v) is 16.1. The van der Waals surface area contributed by atoms with Crippen molar-refractivity contribution in [2.45, 2.75) is 173 Å². The van der Waals surface area contributed by atoms with Gasteiger partial charge in [0.1, 0.15) is 16.3 Å². The van der Waals surface area contributed by atoms with Gasteiger partial charge in [-0.25, -0.2) is 4.57 Å². The highest BCUT2D eigenvalue weighted by atomic mass is 32.2. The lowest BCUT2D eigenvalue weighted by Crippen LogP contribution is -2.14. The van der Waals surface area contributed by atoms with Crippen LogP contribution in [0.1, 0.15) is 157 Å². The zero-order valence-corrected chi connectivity index (χ0v) is 29.2. The molecule has 3 atom stereocenters. The molecule has 0 radical (unpaired) electrons. The summed E-state index contributed by atoms with van der Waals surface area (Å²) < 4.78 is 31.8. The molecule has 0 spiro atoms. The molecular formula is C30H63O4PS3. The Morgan fingerprint density at radius 3 is 0.947 bits per heavy atom. The summed E-state index contributed by atoms with van der Waals surface area (Å²) in [7, 11) is -3.66. The van der Waals surface area contributed by atoms with Gasteiger partial charge in [-0.2, -0.15) is 0 Å². The molecule has 0 aliphatic carbocycles. The topological polar surface area (TPSA) is 44.8 Å². The van der Waals surface area contributed by atoms with Crippen LogP contribution in [0.3, 0.4) is 0 Å². The van der Waals surface area contributed by atoms with Gasteiger partial charge >= 0.3 is 7.82 Å². The Bertz CT molecular complexity index is 470. The minimum atomic E-state index is -3.66. The minimum absolute atomic E-state index is 0.219. The second kappa shape index (κ2) is 28.3. The summed E-state index contributed by atoms with van der Waals surface area (Å²) in [5.41, 5.74) is -0.658. The molecule has 3 unspecified atom stereocenters. The van der Waals surface area contributed by atoms with E-state index in [0.29, 0.717) is 0 Å². The van der Waals surface area contributed by atoms with Gasteiger partial charge in [0.2, 0.25) is 0 Å². The average molecular weight is 615 g/mol. The maximum atomic E-state index is 13.8. The SMILES string of the molecule is CCCCCCCCSC(C)OP(=O)(OC(C)SCCCCCCCC)OC(C)SCCCCCCCC. The molecule has 0 rings (SSSR count). The second-order valence-electron chi connectivity index (χ2n) is 10.4. The Morgan fingerprint density at radius 1 is 0.447 bits per heavy atom. The van der Waals surface area contributed by atoms with Gasteiger partial charge in [0.25, 0.3) is 0 Å². The van der Waals surface area contributed by atoms with Crippen LogP contribution in [0.4, 0.5) is 0 Å². The lowest BCUT2D eigenvalue weighted by molar-refractivity contribution is 0.102. The van der Waals surface area contributed by atoms with Crippen LogP contribution < -0.4 is 0 Å². The van der Waals surface area contributed by atoms with Gasteiger partial charge in [-0.05, 0) is 57.3 Å². The van der Waals surface area contributed by atoms with Crippen molar-refractivity contribution in [2.24, 2.45) is 0 Å². The van der Waals surface area contributed by atoms with Crippen LogP contribution in [-0.2, 0) is 18.1 Å². The Balaban J connectivity index is 4.59. The molecule has 0 bridgehead atoms. The number of hydrogen-bond acceptors (Lipinski definition) is 7. The quantitative estimate of drug-likeness (QED) is 0.0453. The molecule has 0 aromatic rings. The molecule has 0 aromatic carbocycles. The highest BCUT2D eigenvalue weighted by Gasteiger charge is 2.34. The zero-order valence-electron chi connectivity index (χ0n) is 25.9. The first-order valence-corrected chi connectivity index (χ1v) is 20.5. The van der Waals surface area contributed by atoms with E-state index in [4.69, 9.17) is 13.6 Å². The fourth-order valence-electron chi connectivity index (χ4n) is 4.11. The van der Waals surface area contributed by atoms with Crippen LogP contribution in [0.25, 0.3) is 0 Å². The molecular weight excluding hydrogens is 552 g/mol. The minimum Gasteiger partial charge on any atom is -0.273 e. The Labute approximate surface area is 251 Å². The molecule has 0 heterocycles. The van der Waals surface area contributed by atoms with E-state index >= 15 is 0 Å². The molecule has 4 nitrogen and oxygen atoms in total. The normalized spacial score (nSPS) is 15.8. The Hall–Kier alpha value is 1.16. The van der Waals surface area contributed by atoms with Crippen molar-refractivity contribution in [3.05, 3.63) is 0 Å². The molecule has 230 valence electrons. The number of hydrogen-bond donors (Lipinski definition) is 0. The van der Waals surface area contributed by atoms with Crippen LogP contribution in [-0.4, -0.2) is 33.6 Å². The molecule has 0 aliphatic rings. The summed E-state index contributed by atoms with van der Waals surface area (Å²) in [5.74, 6) is 3.04. The van der Waals surface area contributed by atoms with Crippen LogP contribution in [0, 0.1) is 0 Å². The van der Waals surface area contributed by atoms with Crippen molar-refractivity contribution < 1.29 is 18.1 Å². The van der Waals surface area contributed by atoms with E-state index in [2.05, 4.69) is 20.8 Å². The molecule has 0 saturated carbocycles. The van der Waals surface area contributed by atoms with Gasteiger partial charge in [-0.15, -0.1) is 35.3 Å². The number of thioether (sulfide) groups is 3. The summed E-state index contributed by atoms with van der Waals surface area (Å²) in [6.07, 6.45) is 23.0. The summed E-state index contributed by atoms with van der Waals surface area (Å²) in [5, 5.41) is 0. The first-order valence-electron chi connectivity index (χ1n) is 15.9. The molecule has 8 heteroatoms. The van der Waals surface area contributed by atoms with E-state index in [9.17, 15) is 4.57 Å². The van der Waals surface area contributed by atoms with Gasteiger partial charge in [0.15, 0.2) is 0 Å². The predicted molar refractivity (Wildman–Crippen MR) is 177 cm³/mol. The van der Waals surface area contributed by atoms with Crippen molar-refractivity contribution in [2.75, 3.05) is 17.3 Å². The van der Waals surface area contributed by atoms with Crippen molar-refractivity contribution in [3.8, 4) is 0 Å². The third kappa shape index (κ3) is 26.1. The molecule has 38 heavy (non-hydrogen) atoms. The summed E-state index contributed by atoms with van der Waals surface area (Å²) in [6.45, 7) is 12.7. The lowest BCUT2D eigenvalue weighted by atomic mass is 10.1. The number of rotatable bonds is 30. The van der Waals surface area contributed by atoms with Crippen molar-refractivity contribution in [1.29, 1.82) is 0 Å². The summed E-state index contributed by atoms with van der Waals surface area (Å²) in [4.78, 5) is 0. The molecule has 0 aromatic heterocycles. The summed E-state index contributed by atoms with van der Waals surface area (Å²) in [6, 6.07) is 0. The van der Waals surface area contributed by atoms with Crippen LogP contribution in [0.15, 0.2) is 0 Å². The van der Waals surface area contributed by atoms with Crippen LogP contribution >= 0.6 is 43.1 Å². The molecule has 0 saturated heterocycles. The average Bonchev–Trinajstić information content (AvgIpc) is 2.86. The largest absolute Gasteiger partial charge is 0.478 e. The smallest absolute Gasteiger partial charge is 0.273 e. The summed E-state index contributed by atoms with van der Waals surface area (Å²) >= 11 is 5.14. The maximum absolute atomic E-state index is 13.8. The highest BCUT2D eigenvalue weighted by molar-refractivity contribution is 8.00. The predicted octanol–water partition coefficient (Wildman–Crippen LogP) is 12.5. The van der Waals surface area contributed by atoms with Gasteiger partial charge in [-0.3, -0.25) is 13.6 Å². The van der Waals surface area contributed by atoms with Crippen LogP contribution in [0.2, 0.25) is 0 Å². The first kappa shape index (κ1) is 39.2. The standard InChI is InChI=1S/C30H63O4PS3/c1-7-10-13-16-19-22-25-36-28(4)32-35(31,33-29(5)37-26-23-20-17-14-11-8-2)34-30(6)38-27-24-21-18-15-12-9-3/h28-30H,7-27H2,1-6H3. The highest BCUT2D eigenvalue weighted by Crippen LogP contribution is 2.55. The number of unbranched alkanes of at least 4 members (excludes halogenated alkanes) is 15. The Kier molecular flexibility index (Phi) is 29.2. The Morgan fingerprint density at radius 2 is 0.684 bits per heavy atom. The van der Waals surface area contributed by atoms with Gasteiger partial charge < -0.3 is 0 Å². The van der Waals surface area contributed by atoms with E-state index in [-0.39, 0.29) is 16.3 Å². The van der Waals surface area contributed by atoms with E-state index in [1.807, 2.05) is 20.8 Å². The van der Waals surface area contributed by atoms with Gasteiger partial charge in [0.05, 0.1) is 0 Å². The fourth-order valence-corrected chi connectivity index (χ4v) is 9.13. The third-order valence-corrected chi connectivity index (χ3v) is 11.8. The van der Waals surface area contributed by atoms with E-state index in [1.54, 1.807) is 35.3 Å². The first-order chi connectivity index (χ1) is 18.4. The van der Waals surface area contributed by atoms with E-state index in [0.717, 1.165) is 17.3 Å². The third-order valence-electron chi connectivity index (χ3n) is 6.38. The molecule has 0 aliphatic heterocycles. The van der Waals surface area contributed by atoms with Crippen molar-refractivity contribution in [1.82, 2.24) is 0 Å². The molecule has 0 amide bonds. The fraction of sp³-hybridized carbons (Fsp3) is 1.00.